The third-order valence-corrected chi connectivity index (χ3v) is 7.78. The normalized spacial score (nSPS) is 23.4. The first-order valence-corrected chi connectivity index (χ1v) is 13.4. The summed E-state index contributed by atoms with van der Waals surface area (Å²) in [6.07, 6.45) is 7.70. The number of carbonyl (C=O) groups excluding carboxylic acids is 1. The van der Waals surface area contributed by atoms with E-state index in [-0.39, 0.29) is 11.9 Å². The van der Waals surface area contributed by atoms with Crippen LogP contribution in [0.15, 0.2) is 60.8 Å². The highest BCUT2D eigenvalue weighted by molar-refractivity contribution is 5.95. The molecule has 0 radical (unpaired) electrons. The third kappa shape index (κ3) is 5.60. The maximum Gasteiger partial charge on any atom is 0.241 e. The molecule has 3 fully saturated rings. The van der Waals surface area contributed by atoms with Crippen molar-refractivity contribution in [3.8, 4) is 11.3 Å². The number of hydrogen-bond donors (Lipinski definition) is 3. The molecule has 3 atom stereocenters. The molecule has 8 nitrogen and oxygen atoms in total. The van der Waals surface area contributed by atoms with Gasteiger partial charge in [0.05, 0.1) is 24.9 Å². The summed E-state index contributed by atoms with van der Waals surface area (Å²) in [5, 5.41) is 9.94. The van der Waals surface area contributed by atoms with Crippen molar-refractivity contribution < 1.29 is 9.53 Å². The molecule has 3 aromatic rings. The molecule has 3 heterocycles. The van der Waals surface area contributed by atoms with Gasteiger partial charge in [0.15, 0.2) is 0 Å². The molecule has 6 rings (SSSR count). The second-order valence-corrected chi connectivity index (χ2v) is 10.2. The van der Waals surface area contributed by atoms with Crippen molar-refractivity contribution in [2.45, 2.75) is 44.2 Å². The highest BCUT2D eigenvalue weighted by atomic mass is 16.5. The summed E-state index contributed by atoms with van der Waals surface area (Å²) in [5.41, 5.74) is 4.72. The fourth-order valence-electron chi connectivity index (χ4n) is 5.76. The lowest BCUT2D eigenvalue weighted by Gasteiger charge is -2.28. The molecule has 8 heteroatoms. The van der Waals surface area contributed by atoms with Gasteiger partial charge >= 0.3 is 0 Å². The van der Waals surface area contributed by atoms with Gasteiger partial charge < -0.3 is 25.6 Å². The maximum absolute atomic E-state index is 12.8. The number of aromatic nitrogens is 2. The van der Waals surface area contributed by atoms with E-state index in [1.54, 1.807) is 6.20 Å². The zero-order chi connectivity index (χ0) is 25.0. The first kappa shape index (κ1) is 23.9. The number of nitrogens with zero attached hydrogens (tertiary/aromatic N) is 3. The first-order chi connectivity index (χ1) is 18.2. The lowest BCUT2D eigenvalue weighted by molar-refractivity contribution is -0.117. The van der Waals surface area contributed by atoms with Gasteiger partial charge in [0.2, 0.25) is 11.9 Å². The van der Waals surface area contributed by atoms with Crippen LogP contribution in [0.3, 0.4) is 0 Å². The van der Waals surface area contributed by atoms with E-state index in [0.717, 1.165) is 55.4 Å². The lowest BCUT2D eigenvalue weighted by atomic mass is 9.85. The van der Waals surface area contributed by atoms with Crippen LogP contribution < -0.4 is 20.9 Å². The number of hydrogen-bond acceptors (Lipinski definition) is 7. The summed E-state index contributed by atoms with van der Waals surface area (Å²) in [7, 11) is 0. The van der Waals surface area contributed by atoms with Crippen molar-refractivity contribution in [2.75, 3.05) is 41.8 Å². The predicted molar refractivity (Wildman–Crippen MR) is 146 cm³/mol. The minimum Gasteiger partial charge on any atom is -0.378 e. The summed E-state index contributed by atoms with van der Waals surface area (Å²) >= 11 is 0. The van der Waals surface area contributed by atoms with Crippen LogP contribution in [0, 0.1) is 5.92 Å². The molecular formula is C29H34N6O2. The number of fused-ring (bicyclic) bond motifs is 1. The summed E-state index contributed by atoms with van der Waals surface area (Å²) in [6, 6.07) is 18.5. The number of benzene rings is 2. The highest BCUT2D eigenvalue weighted by Gasteiger charge is 2.38. The molecule has 1 aromatic heterocycles. The van der Waals surface area contributed by atoms with Crippen LogP contribution >= 0.6 is 0 Å². The molecule has 2 saturated heterocycles. The van der Waals surface area contributed by atoms with Gasteiger partial charge in [-0.2, -0.15) is 0 Å². The Morgan fingerprint density at radius 3 is 2.49 bits per heavy atom. The fourth-order valence-corrected chi connectivity index (χ4v) is 5.76. The molecule has 1 unspecified atom stereocenters. The molecule has 2 aliphatic heterocycles. The SMILES string of the molecule is O=C(Nc1ccc(-c2ccnc(Nc3ccc(N4CCOCC4)cc3)n2)cc1)[C@@H]1C[C@@H]2CCCCC2N1. The van der Waals surface area contributed by atoms with Gasteiger partial charge in [0.1, 0.15) is 0 Å². The molecule has 1 saturated carbocycles. The predicted octanol–water partition coefficient (Wildman–Crippen LogP) is 4.58. The quantitative estimate of drug-likeness (QED) is 0.458. The Bertz CT molecular complexity index is 1200. The Morgan fingerprint density at radius 1 is 0.946 bits per heavy atom. The maximum atomic E-state index is 12.8. The van der Waals surface area contributed by atoms with Crippen molar-refractivity contribution in [2.24, 2.45) is 5.92 Å². The molecule has 3 N–H and O–H groups in total. The number of carbonyl (C=O) groups is 1. The standard InChI is InChI=1S/C29H34N6O2/c36-28(27-19-21-3-1-2-4-25(21)33-27)31-22-7-5-20(6-8-22)26-13-14-30-29(34-26)32-23-9-11-24(12-10-23)35-15-17-37-18-16-35/h5-14,21,25,27,33H,1-4,15-19H2,(H,31,36)(H,30,32,34)/t21-,25?,27-/m0/s1. The minimum atomic E-state index is -0.0915. The number of anilines is 4. The summed E-state index contributed by atoms with van der Waals surface area (Å²) in [6.45, 7) is 3.37. The summed E-state index contributed by atoms with van der Waals surface area (Å²) in [5.74, 6) is 1.26. The van der Waals surface area contributed by atoms with E-state index >= 15 is 0 Å². The van der Waals surface area contributed by atoms with Crippen molar-refractivity contribution in [3.05, 3.63) is 60.8 Å². The molecule has 0 bridgehead atoms. The van der Waals surface area contributed by atoms with Crippen LogP contribution in [0.25, 0.3) is 11.3 Å². The van der Waals surface area contributed by atoms with Crippen LogP contribution in [0.4, 0.5) is 23.0 Å². The Hall–Kier alpha value is -3.49. The molecule has 192 valence electrons. The van der Waals surface area contributed by atoms with Gasteiger partial charge in [0, 0.05) is 48.0 Å². The Kier molecular flexibility index (Phi) is 7.01. The highest BCUT2D eigenvalue weighted by Crippen LogP contribution is 2.33. The fraction of sp³-hybridized carbons (Fsp3) is 0.414. The van der Waals surface area contributed by atoms with E-state index in [9.17, 15) is 4.79 Å². The zero-order valence-electron chi connectivity index (χ0n) is 21.0. The van der Waals surface area contributed by atoms with Gasteiger partial charge in [-0.1, -0.05) is 25.0 Å². The zero-order valence-corrected chi connectivity index (χ0v) is 21.0. The topological polar surface area (TPSA) is 91.4 Å². The largest absolute Gasteiger partial charge is 0.378 e. The van der Waals surface area contributed by atoms with Crippen molar-refractivity contribution in [1.82, 2.24) is 15.3 Å². The molecule has 2 aromatic carbocycles. The van der Waals surface area contributed by atoms with E-state index in [4.69, 9.17) is 9.72 Å². The van der Waals surface area contributed by atoms with Crippen LogP contribution in [0.1, 0.15) is 32.1 Å². The van der Waals surface area contributed by atoms with Gasteiger partial charge in [-0.15, -0.1) is 0 Å². The molecular weight excluding hydrogens is 464 g/mol. The van der Waals surface area contributed by atoms with E-state index in [1.807, 2.05) is 42.5 Å². The molecule has 1 amide bonds. The van der Waals surface area contributed by atoms with Crippen LogP contribution in [-0.2, 0) is 9.53 Å². The first-order valence-electron chi connectivity index (χ1n) is 13.4. The second kappa shape index (κ2) is 10.9. The summed E-state index contributed by atoms with van der Waals surface area (Å²) in [4.78, 5) is 24.2. The Morgan fingerprint density at radius 2 is 1.70 bits per heavy atom. The number of rotatable bonds is 6. The second-order valence-electron chi connectivity index (χ2n) is 10.2. The third-order valence-electron chi connectivity index (χ3n) is 7.78. The average molecular weight is 499 g/mol. The minimum absolute atomic E-state index is 0.0651. The Balaban J connectivity index is 1.07. The molecule has 0 spiro atoms. The number of ether oxygens (including phenoxy) is 1. The van der Waals surface area contributed by atoms with Gasteiger partial charge in [-0.25, -0.2) is 9.97 Å². The van der Waals surface area contributed by atoms with Crippen LogP contribution in [-0.4, -0.2) is 54.3 Å². The number of amides is 1. The number of nitrogens with one attached hydrogen (secondary N) is 3. The van der Waals surface area contributed by atoms with Crippen LogP contribution in [0.2, 0.25) is 0 Å². The molecule has 3 aliphatic rings. The number of morpholine rings is 1. The van der Waals surface area contributed by atoms with Crippen LogP contribution in [0.5, 0.6) is 0 Å². The van der Waals surface area contributed by atoms with Crippen molar-refractivity contribution in [3.63, 3.8) is 0 Å². The van der Waals surface area contributed by atoms with Gasteiger partial charge in [-0.3, -0.25) is 4.79 Å². The van der Waals surface area contributed by atoms with Crippen molar-refractivity contribution >= 4 is 28.9 Å². The summed E-state index contributed by atoms with van der Waals surface area (Å²) < 4.78 is 5.44. The van der Waals surface area contributed by atoms with E-state index in [1.165, 1.54) is 31.4 Å². The molecule has 1 aliphatic carbocycles. The van der Waals surface area contributed by atoms with E-state index in [2.05, 4.69) is 38.0 Å². The smallest absolute Gasteiger partial charge is 0.241 e. The van der Waals surface area contributed by atoms with Gasteiger partial charge in [0.25, 0.3) is 0 Å². The molecule has 37 heavy (non-hydrogen) atoms. The monoisotopic (exact) mass is 498 g/mol. The van der Waals surface area contributed by atoms with Crippen molar-refractivity contribution in [1.29, 1.82) is 0 Å². The average Bonchev–Trinajstić information content (AvgIpc) is 3.39. The van der Waals surface area contributed by atoms with E-state index < -0.39 is 0 Å². The van der Waals surface area contributed by atoms with E-state index in [0.29, 0.717) is 17.9 Å². The lowest BCUT2D eigenvalue weighted by Crippen LogP contribution is -2.39. The Labute approximate surface area is 217 Å². The van der Waals surface area contributed by atoms with Gasteiger partial charge in [-0.05, 0) is 67.6 Å².